The van der Waals surface area contributed by atoms with Crippen molar-refractivity contribution >= 4 is 29.7 Å². The van der Waals surface area contributed by atoms with Crippen LogP contribution in [-0.2, 0) is 38.1 Å². The molecule has 0 radical (unpaired) electrons. The molecule has 296 valence electrons. The number of hydrogen-bond acceptors (Lipinski definition) is 11. The van der Waals surface area contributed by atoms with Crippen molar-refractivity contribution in [2.75, 3.05) is 27.7 Å². The van der Waals surface area contributed by atoms with Gasteiger partial charge in [0.05, 0.1) is 23.9 Å². The van der Waals surface area contributed by atoms with Gasteiger partial charge in [0.15, 0.2) is 17.7 Å². The molecule has 1 aromatic rings. The lowest BCUT2D eigenvalue weighted by atomic mass is 9.73. The molecule has 1 aromatic carbocycles. The minimum absolute atomic E-state index is 0.137. The topological polar surface area (TPSA) is 141 Å². The zero-order chi connectivity index (χ0) is 39.4. The molecule has 53 heavy (non-hydrogen) atoms. The minimum Gasteiger partial charge on any atom is -0.458 e. The van der Waals surface area contributed by atoms with Crippen molar-refractivity contribution in [3.8, 4) is 0 Å². The molecule has 3 fully saturated rings. The average molecular weight is 743 g/mol. The van der Waals surface area contributed by atoms with Crippen molar-refractivity contribution in [3.63, 3.8) is 0 Å². The smallest absolute Gasteiger partial charge is 0.410 e. The second-order valence-electron chi connectivity index (χ2n) is 16.0. The number of ether oxygens (including phenoxy) is 5. The molecular weight excluding hydrogens is 680 g/mol. The lowest BCUT2D eigenvalue weighted by Crippen LogP contribution is -2.60. The van der Waals surface area contributed by atoms with E-state index in [4.69, 9.17) is 23.7 Å². The van der Waals surface area contributed by atoms with Gasteiger partial charge in [0.1, 0.15) is 23.9 Å². The van der Waals surface area contributed by atoms with Crippen LogP contribution in [0.2, 0.25) is 0 Å². The second-order valence-corrected chi connectivity index (χ2v) is 16.0. The first-order valence-corrected chi connectivity index (χ1v) is 19.1. The predicted molar refractivity (Wildman–Crippen MR) is 200 cm³/mol. The Morgan fingerprint density at radius 1 is 1.00 bits per heavy atom. The summed E-state index contributed by atoms with van der Waals surface area (Å²) >= 11 is 0. The fraction of sp³-hybridized carbons (Fsp3) is 0.707. The van der Waals surface area contributed by atoms with Crippen molar-refractivity contribution in [2.45, 2.75) is 135 Å². The van der Waals surface area contributed by atoms with E-state index < -0.39 is 83.4 Å². The number of benzene rings is 1. The van der Waals surface area contributed by atoms with Gasteiger partial charge in [0, 0.05) is 37.5 Å². The third kappa shape index (κ3) is 9.05. The molecule has 13 atom stereocenters. The number of esters is 1. The SMILES string of the molecule is CC[C@H]1OC(=O)[C@H](C)C(=O)[C@H](C)[C@@H](O[C@@H]2O[C@H](C)C[C@H](N(C)C)[C@H]2O)[C@](C)(OC)C[C@@H](C)C(=O)[C@H](C)[C@H]2N(CC/C=C/c3ccccc3)C(=O)O[C@]12C. The number of ketones is 2. The summed E-state index contributed by atoms with van der Waals surface area (Å²) in [5, 5.41) is 11.4. The van der Waals surface area contributed by atoms with Crippen LogP contribution in [0.1, 0.15) is 86.6 Å². The van der Waals surface area contributed by atoms with Crippen LogP contribution in [0.4, 0.5) is 4.79 Å². The molecule has 0 spiro atoms. The fourth-order valence-electron chi connectivity index (χ4n) is 8.71. The molecule has 0 saturated carbocycles. The number of methoxy groups -OCH3 is 1. The Bertz CT molecular complexity index is 1470. The summed E-state index contributed by atoms with van der Waals surface area (Å²) in [5.74, 6) is -4.90. The number of carbonyl (C=O) groups is 4. The summed E-state index contributed by atoms with van der Waals surface area (Å²) < 4.78 is 31.1. The molecule has 3 heterocycles. The van der Waals surface area contributed by atoms with Crippen LogP contribution in [0.15, 0.2) is 36.4 Å². The monoisotopic (exact) mass is 742 g/mol. The Labute approximate surface area is 315 Å². The zero-order valence-corrected chi connectivity index (χ0v) is 33.4. The largest absolute Gasteiger partial charge is 0.458 e. The Kier molecular flexibility index (Phi) is 14.1. The summed E-state index contributed by atoms with van der Waals surface area (Å²) in [5.41, 5.74) is -1.62. The van der Waals surface area contributed by atoms with Crippen molar-refractivity contribution in [1.29, 1.82) is 0 Å². The van der Waals surface area contributed by atoms with Crippen molar-refractivity contribution in [1.82, 2.24) is 9.80 Å². The highest BCUT2D eigenvalue weighted by atomic mass is 16.7. The van der Waals surface area contributed by atoms with Crippen molar-refractivity contribution in [2.24, 2.45) is 23.7 Å². The number of Topliss-reactive ketones (excluding diaryl/α,β-unsaturated/α-hetero) is 2. The van der Waals surface area contributed by atoms with E-state index in [-0.39, 0.29) is 37.3 Å². The number of amides is 1. The summed E-state index contributed by atoms with van der Waals surface area (Å²) in [6, 6.07) is 8.76. The van der Waals surface area contributed by atoms with Gasteiger partial charge < -0.3 is 38.6 Å². The number of fused-ring (bicyclic) bond motifs is 1. The predicted octanol–water partition coefficient (Wildman–Crippen LogP) is 5.29. The number of nitrogens with zero attached hydrogens (tertiary/aromatic N) is 2. The van der Waals surface area contributed by atoms with Gasteiger partial charge >= 0.3 is 12.1 Å². The van der Waals surface area contributed by atoms with E-state index in [1.54, 1.807) is 32.6 Å². The Balaban J connectivity index is 1.74. The highest BCUT2D eigenvalue weighted by Crippen LogP contribution is 2.43. The standard InChI is InChI=1S/C41H62N2O10/c1-12-31-41(8)35(43(39(48)53-41)21-17-16-20-29-18-14-13-15-19-29)26(4)32(44)24(2)23-40(7,49-11)36(27(5)33(45)28(6)37(47)51-31)52-38-34(46)30(42(9)10)22-25(3)50-38/h13-16,18-20,24-28,30-31,34-36,38,46H,12,17,21-23H2,1-11H3/b20-16+/t24-,25-,26+,27+,28-,30+,31-,34-,35-,36-,38+,40-,41-/m1/s1. The molecule has 12 nitrogen and oxygen atoms in total. The van der Waals surface area contributed by atoms with Gasteiger partial charge in [0.25, 0.3) is 0 Å². The van der Waals surface area contributed by atoms with E-state index in [1.165, 1.54) is 14.0 Å². The lowest BCUT2D eigenvalue weighted by Gasteiger charge is -2.47. The maximum Gasteiger partial charge on any atom is 0.410 e. The molecular formula is C41H62N2O10. The first-order valence-electron chi connectivity index (χ1n) is 19.1. The number of rotatable bonds is 9. The van der Waals surface area contributed by atoms with Gasteiger partial charge in [-0.1, -0.05) is 70.2 Å². The summed E-state index contributed by atoms with van der Waals surface area (Å²) in [4.78, 5) is 59.9. The zero-order valence-electron chi connectivity index (χ0n) is 33.4. The maximum atomic E-state index is 14.6. The number of likely N-dealkylation sites (N-methyl/N-ethyl adjacent to an activating group) is 1. The number of cyclic esters (lactones) is 1. The minimum atomic E-state index is -1.39. The van der Waals surface area contributed by atoms with Gasteiger partial charge in [-0.3, -0.25) is 14.4 Å². The molecule has 0 aliphatic carbocycles. The molecule has 1 N–H and O–H groups in total. The van der Waals surface area contributed by atoms with Crippen LogP contribution in [0.5, 0.6) is 0 Å². The molecule has 4 rings (SSSR count). The summed E-state index contributed by atoms with van der Waals surface area (Å²) in [7, 11) is 5.24. The van der Waals surface area contributed by atoms with E-state index >= 15 is 0 Å². The second kappa shape index (κ2) is 17.5. The van der Waals surface area contributed by atoms with Crippen LogP contribution in [0, 0.1) is 23.7 Å². The van der Waals surface area contributed by atoms with Gasteiger partial charge in [-0.25, -0.2) is 4.79 Å². The van der Waals surface area contributed by atoms with E-state index in [0.29, 0.717) is 12.8 Å². The van der Waals surface area contributed by atoms with E-state index in [1.807, 2.05) is 82.3 Å². The van der Waals surface area contributed by atoms with Crippen LogP contribution in [-0.4, -0.2) is 120 Å². The van der Waals surface area contributed by atoms with Gasteiger partial charge in [-0.15, -0.1) is 0 Å². The Morgan fingerprint density at radius 2 is 1.66 bits per heavy atom. The van der Waals surface area contributed by atoms with Crippen LogP contribution < -0.4 is 0 Å². The van der Waals surface area contributed by atoms with E-state index in [2.05, 4.69) is 0 Å². The number of aliphatic hydroxyl groups excluding tert-OH is 1. The highest BCUT2D eigenvalue weighted by Gasteiger charge is 2.60. The lowest BCUT2D eigenvalue weighted by molar-refractivity contribution is -0.295. The third-order valence-corrected chi connectivity index (χ3v) is 11.8. The molecule has 3 aliphatic rings. The Hall–Kier alpha value is -3.16. The molecule has 0 unspecified atom stereocenters. The maximum absolute atomic E-state index is 14.6. The van der Waals surface area contributed by atoms with Crippen LogP contribution >= 0.6 is 0 Å². The van der Waals surface area contributed by atoms with Crippen LogP contribution in [0.3, 0.4) is 0 Å². The molecule has 12 heteroatoms. The van der Waals surface area contributed by atoms with Gasteiger partial charge in [0.2, 0.25) is 0 Å². The van der Waals surface area contributed by atoms with Crippen LogP contribution in [0.25, 0.3) is 6.08 Å². The van der Waals surface area contributed by atoms with Gasteiger partial charge in [-0.05, 0) is 73.0 Å². The average Bonchev–Trinajstić information content (AvgIpc) is 3.39. The molecule has 1 amide bonds. The van der Waals surface area contributed by atoms with Gasteiger partial charge in [-0.2, -0.15) is 0 Å². The van der Waals surface area contributed by atoms with Crippen molar-refractivity contribution in [3.05, 3.63) is 42.0 Å². The first kappa shape index (κ1) is 42.6. The van der Waals surface area contributed by atoms with E-state index in [0.717, 1.165) is 5.56 Å². The normalized spacial score (nSPS) is 39.2. The summed E-state index contributed by atoms with van der Waals surface area (Å²) in [6.07, 6.45) is 0.451. The molecule has 3 aliphatic heterocycles. The number of carbonyl (C=O) groups excluding carboxylic acids is 4. The van der Waals surface area contributed by atoms with Crippen molar-refractivity contribution < 1.29 is 48.0 Å². The highest BCUT2D eigenvalue weighted by molar-refractivity contribution is 6.00. The fourth-order valence-corrected chi connectivity index (χ4v) is 8.71. The molecule has 0 bridgehead atoms. The van der Waals surface area contributed by atoms with E-state index in [9.17, 15) is 24.3 Å². The number of hydrogen-bond donors (Lipinski definition) is 1. The molecule has 3 saturated heterocycles. The third-order valence-electron chi connectivity index (χ3n) is 11.8. The summed E-state index contributed by atoms with van der Waals surface area (Å²) in [6.45, 7) is 14.2. The quantitative estimate of drug-likeness (QED) is 0.261. The Morgan fingerprint density at radius 3 is 2.26 bits per heavy atom. The number of aliphatic hydroxyl groups is 1. The first-order chi connectivity index (χ1) is 24.9. The molecule has 0 aromatic heterocycles.